The van der Waals surface area contributed by atoms with Gasteiger partial charge in [0.05, 0.1) is 11.4 Å². The van der Waals surface area contributed by atoms with E-state index in [0.717, 1.165) is 4.88 Å². The lowest BCUT2D eigenvalue weighted by molar-refractivity contribution is -0.117. The molecule has 0 aliphatic carbocycles. The molecule has 0 saturated heterocycles. The normalized spacial score (nSPS) is 18.2. The average molecular weight is 248 g/mol. The number of benzene rings is 1. The summed E-state index contributed by atoms with van der Waals surface area (Å²) in [5.41, 5.74) is 1.23. The molecule has 1 aliphatic heterocycles. The molecule has 1 amide bonds. The third-order valence-corrected chi connectivity index (χ3v) is 3.57. The summed E-state index contributed by atoms with van der Waals surface area (Å²) in [4.78, 5) is 12.8. The molecule has 5 heteroatoms. The van der Waals surface area contributed by atoms with Gasteiger partial charge in [0.2, 0.25) is 0 Å². The standard InChI is InChI=1S/C12H9FN2OS/c13-7-3-4-8-9(6-7)14-11(12(16)15-8)10-2-1-5-17-10/h1-6,11,14H,(H,15,16). The number of carbonyl (C=O) groups excluding carboxylic acids is 1. The van der Waals surface area contributed by atoms with E-state index in [1.165, 1.54) is 23.5 Å². The lowest BCUT2D eigenvalue weighted by Gasteiger charge is -2.26. The van der Waals surface area contributed by atoms with Crippen molar-refractivity contribution in [3.8, 4) is 0 Å². The second-order valence-electron chi connectivity index (χ2n) is 3.77. The van der Waals surface area contributed by atoms with Crippen LogP contribution in [-0.4, -0.2) is 5.91 Å². The van der Waals surface area contributed by atoms with Crippen LogP contribution in [-0.2, 0) is 4.79 Å². The van der Waals surface area contributed by atoms with E-state index in [1.54, 1.807) is 6.07 Å². The number of fused-ring (bicyclic) bond motifs is 1. The Bertz CT molecular complexity index is 568. The Hall–Kier alpha value is -1.88. The Morgan fingerprint density at radius 1 is 1.24 bits per heavy atom. The van der Waals surface area contributed by atoms with Gasteiger partial charge in [0, 0.05) is 4.88 Å². The summed E-state index contributed by atoms with van der Waals surface area (Å²) in [5.74, 6) is -0.441. The summed E-state index contributed by atoms with van der Waals surface area (Å²) in [6.45, 7) is 0. The second-order valence-corrected chi connectivity index (χ2v) is 4.75. The van der Waals surface area contributed by atoms with Crippen LogP contribution in [0.15, 0.2) is 35.7 Å². The molecule has 0 bridgehead atoms. The summed E-state index contributed by atoms with van der Waals surface area (Å²) < 4.78 is 13.1. The molecule has 0 radical (unpaired) electrons. The number of halogens is 1. The van der Waals surface area contributed by atoms with Crippen LogP contribution in [0.4, 0.5) is 15.8 Å². The predicted molar refractivity (Wildman–Crippen MR) is 65.7 cm³/mol. The molecule has 17 heavy (non-hydrogen) atoms. The molecule has 1 atom stereocenters. The van der Waals surface area contributed by atoms with Gasteiger partial charge in [-0.15, -0.1) is 11.3 Å². The van der Waals surface area contributed by atoms with Crippen LogP contribution < -0.4 is 10.6 Å². The van der Waals surface area contributed by atoms with Crippen molar-refractivity contribution >= 4 is 28.6 Å². The first kappa shape index (κ1) is 10.3. The summed E-state index contributed by atoms with van der Waals surface area (Å²) in [6.07, 6.45) is 0. The molecule has 0 saturated carbocycles. The van der Waals surface area contributed by atoms with Crippen molar-refractivity contribution in [3.63, 3.8) is 0 Å². The van der Waals surface area contributed by atoms with E-state index in [0.29, 0.717) is 11.4 Å². The van der Waals surface area contributed by atoms with Crippen LogP contribution in [0.2, 0.25) is 0 Å². The fourth-order valence-corrected chi connectivity index (χ4v) is 2.60. The molecule has 1 aromatic carbocycles. The minimum atomic E-state index is -0.440. The molecular weight excluding hydrogens is 239 g/mol. The number of anilines is 2. The van der Waals surface area contributed by atoms with Gasteiger partial charge in [0.25, 0.3) is 5.91 Å². The van der Waals surface area contributed by atoms with Crippen LogP contribution in [0.1, 0.15) is 10.9 Å². The highest BCUT2D eigenvalue weighted by Gasteiger charge is 2.27. The maximum absolute atomic E-state index is 13.1. The van der Waals surface area contributed by atoms with E-state index in [1.807, 2.05) is 17.5 Å². The van der Waals surface area contributed by atoms with E-state index < -0.39 is 6.04 Å². The highest BCUT2D eigenvalue weighted by Crippen LogP contribution is 2.34. The number of amides is 1. The zero-order valence-electron chi connectivity index (χ0n) is 8.74. The lowest BCUT2D eigenvalue weighted by Crippen LogP contribution is -2.31. The molecule has 1 unspecified atom stereocenters. The quantitative estimate of drug-likeness (QED) is 0.814. The van der Waals surface area contributed by atoms with Crippen LogP contribution in [0.25, 0.3) is 0 Å². The van der Waals surface area contributed by atoms with Crippen molar-refractivity contribution in [1.29, 1.82) is 0 Å². The van der Waals surface area contributed by atoms with Gasteiger partial charge in [0.1, 0.15) is 11.9 Å². The monoisotopic (exact) mass is 248 g/mol. The second kappa shape index (κ2) is 3.85. The minimum absolute atomic E-state index is 0.119. The number of rotatable bonds is 1. The molecule has 0 fully saturated rings. The van der Waals surface area contributed by atoms with Gasteiger partial charge in [-0.1, -0.05) is 6.07 Å². The molecule has 2 heterocycles. The summed E-state index contributed by atoms with van der Waals surface area (Å²) >= 11 is 1.49. The Labute approximate surface area is 101 Å². The van der Waals surface area contributed by atoms with Gasteiger partial charge in [0.15, 0.2) is 0 Å². The first-order valence-electron chi connectivity index (χ1n) is 5.14. The van der Waals surface area contributed by atoms with E-state index in [4.69, 9.17) is 0 Å². The van der Waals surface area contributed by atoms with E-state index >= 15 is 0 Å². The van der Waals surface area contributed by atoms with Gasteiger partial charge >= 0.3 is 0 Å². The maximum atomic E-state index is 13.1. The summed E-state index contributed by atoms with van der Waals surface area (Å²) in [6, 6.07) is 7.59. The number of carbonyl (C=O) groups is 1. The van der Waals surface area contributed by atoms with Crippen LogP contribution >= 0.6 is 11.3 Å². The molecule has 1 aromatic heterocycles. The van der Waals surface area contributed by atoms with E-state index in [-0.39, 0.29) is 11.7 Å². The highest BCUT2D eigenvalue weighted by atomic mass is 32.1. The Balaban J connectivity index is 1.99. The maximum Gasteiger partial charge on any atom is 0.252 e. The Kier molecular flexibility index (Phi) is 2.33. The first-order chi connectivity index (χ1) is 8.24. The zero-order chi connectivity index (χ0) is 11.8. The number of hydrogen-bond donors (Lipinski definition) is 2. The van der Waals surface area contributed by atoms with Gasteiger partial charge < -0.3 is 10.6 Å². The smallest absolute Gasteiger partial charge is 0.252 e. The van der Waals surface area contributed by atoms with Crippen molar-refractivity contribution in [2.45, 2.75) is 6.04 Å². The lowest BCUT2D eigenvalue weighted by atomic mass is 10.1. The van der Waals surface area contributed by atoms with Crippen molar-refractivity contribution in [2.24, 2.45) is 0 Å². The summed E-state index contributed by atoms with van der Waals surface area (Å²) in [5, 5.41) is 7.72. The van der Waals surface area contributed by atoms with E-state index in [2.05, 4.69) is 10.6 Å². The third-order valence-electron chi connectivity index (χ3n) is 2.63. The molecule has 3 nitrogen and oxygen atoms in total. The van der Waals surface area contributed by atoms with E-state index in [9.17, 15) is 9.18 Å². The van der Waals surface area contributed by atoms with Crippen LogP contribution in [0.3, 0.4) is 0 Å². The zero-order valence-corrected chi connectivity index (χ0v) is 9.55. The largest absolute Gasteiger partial charge is 0.368 e. The van der Waals surface area contributed by atoms with Crippen molar-refractivity contribution in [3.05, 3.63) is 46.4 Å². The van der Waals surface area contributed by atoms with Crippen molar-refractivity contribution in [1.82, 2.24) is 0 Å². The highest BCUT2D eigenvalue weighted by molar-refractivity contribution is 7.10. The van der Waals surface area contributed by atoms with Crippen LogP contribution in [0.5, 0.6) is 0 Å². The summed E-state index contributed by atoms with van der Waals surface area (Å²) in [7, 11) is 0. The van der Waals surface area contributed by atoms with Gasteiger partial charge in [-0.2, -0.15) is 0 Å². The predicted octanol–water partition coefficient (Wildman–Crippen LogP) is 2.99. The number of thiophene rings is 1. The molecule has 0 spiro atoms. The van der Waals surface area contributed by atoms with Gasteiger partial charge in [-0.25, -0.2) is 4.39 Å². The molecule has 2 aromatic rings. The molecule has 2 N–H and O–H groups in total. The van der Waals surface area contributed by atoms with Crippen LogP contribution in [0, 0.1) is 5.82 Å². The Morgan fingerprint density at radius 3 is 2.88 bits per heavy atom. The topological polar surface area (TPSA) is 41.1 Å². The fourth-order valence-electron chi connectivity index (χ4n) is 1.83. The first-order valence-corrected chi connectivity index (χ1v) is 6.02. The SMILES string of the molecule is O=C1Nc2ccc(F)cc2NC1c1cccs1. The molecule has 1 aliphatic rings. The average Bonchev–Trinajstić information content (AvgIpc) is 2.82. The number of nitrogens with one attached hydrogen (secondary N) is 2. The third kappa shape index (κ3) is 1.78. The van der Waals surface area contributed by atoms with Gasteiger partial charge in [-0.05, 0) is 29.6 Å². The van der Waals surface area contributed by atoms with Gasteiger partial charge in [-0.3, -0.25) is 4.79 Å². The Morgan fingerprint density at radius 2 is 2.12 bits per heavy atom. The van der Waals surface area contributed by atoms with Crippen molar-refractivity contribution in [2.75, 3.05) is 10.6 Å². The number of hydrogen-bond acceptors (Lipinski definition) is 3. The molecular formula is C12H9FN2OS. The van der Waals surface area contributed by atoms with Crippen molar-refractivity contribution < 1.29 is 9.18 Å². The molecule has 3 rings (SSSR count). The minimum Gasteiger partial charge on any atom is -0.368 e. The fraction of sp³-hybridized carbons (Fsp3) is 0.0833. The molecule has 86 valence electrons.